The monoisotopic (exact) mass is 392 g/mol. The summed E-state index contributed by atoms with van der Waals surface area (Å²) in [4.78, 5) is 23.1. The zero-order valence-corrected chi connectivity index (χ0v) is 13.0. The van der Waals surface area contributed by atoms with Gasteiger partial charge in [-0.2, -0.15) is 0 Å². The Bertz CT molecular complexity index is 505. The standard InChI is InChI=1S/C12H10IO5P/c1-7-16-11(14)10(12(15)17-7)6-8-2-4-9(5-3-8)18-19-13/h2-7,19H,1H3. The Kier molecular flexibility index (Phi) is 4.76. The van der Waals surface area contributed by atoms with Crippen molar-refractivity contribution in [2.75, 3.05) is 0 Å². The lowest BCUT2D eigenvalue weighted by atomic mass is 10.1. The molecule has 7 heteroatoms. The maximum absolute atomic E-state index is 11.6. The van der Waals surface area contributed by atoms with Gasteiger partial charge in [0.05, 0.1) is 0 Å². The molecule has 0 saturated carbocycles. The van der Waals surface area contributed by atoms with Crippen molar-refractivity contribution in [1.82, 2.24) is 0 Å². The molecule has 0 aromatic heterocycles. The average Bonchev–Trinajstić information content (AvgIpc) is 2.36. The second-order valence-electron chi connectivity index (χ2n) is 3.68. The van der Waals surface area contributed by atoms with Crippen LogP contribution in [0.2, 0.25) is 0 Å². The van der Waals surface area contributed by atoms with Crippen LogP contribution in [-0.4, -0.2) is 18.2 Å². The van der Waals surface area contributed by atoms with E-state index in [-0.39, 0.29) is 5.57 Å². The molecule has 0 N–H and O–H groups in total. The van der Waals surface area contributed by atoms with Gasteiger partial charge in [-0.05, 0) is 45.8 Å². The molecule has 1 aromatic carbocycles. The number of cyclic esters (lactones) is 2. The third-order valence-electron chi connectivity index (χ3n) is 2.33. The van der Waals surface area contributed by atoms with Gasteiger partial charge in [0.25, 0.3) is 0 Å². The lowest BCUT2D eigenvalue weighted by Crippen LogP contribution is -2.32. The summed E-state index contributed by atoms with van der Waals surface area (Å²) in [6, 6.07) is 7.02. The summed E-state index contributed by atoms with van der Waals surface area (Å²) in [6.45, 7) is 1.82. The maximum atomic E-state index is 11.6. The molecule has 1 atom stereocenters. The van der Waals surface area contributed by atoms with Gasteiger partial charge in [-0.25, -0.2) is 9.59 Å². The summed E-state index contributed by atoms with van der Waals surface area (Å²) >= 11 is 2.12. The van der Waals surface area contributed by atoms with Gasteiger partial charge in [0, 0.05) is 6.92 Å². The highest BCUT2D eigenvalue weighted by atomic mass is 127. The van der Waals surface area contributed by atoms with Crippen LogP contribution in [0.3, 0.4) is 0 Å². The minimum absolute atomic E-state index is 0.109. The van der Waals surface area contributed by atoms with E-state index in [1.807, 2.05) is 0 Å². The van der Waals surface area contributed by atoms with Crippen molar-refractivity contribution in [1.29, 1.82) is 0 Å². The van der Waals surface area contributed by atoms with Gasteiger partial charge >= 0.3 is 11.9 Å². The fraction of sp³-hybridized carbons (Fsp3) is 0.167. The van der Waals surface area contributed by atoms with Crippen molar-refractivity contribution in [3.63, 3.8) is 0 Å². The van der Waals surface area contributed by atoms with Crippen molar-refractivity contribution < 1.29 is 23.6 Å². The van der Waals surface area contributed by atoms with E-state index in [4.69, 9.17) is 14.0 Å². The molecule has 1 fully saturated rings. The van der Waals surface area contributed by atoms with Gasteiger partial charge in [0.2, 0.25) is 6.29 Å². The molecule has 0 bridgehead atoms. The molecule has 0 radical (unpaired) electrons. The first-order valence-electron chi connectivity index (χ1n) is 5.36. The lowest BCUT2D eigenvalue weighted by molar-refractivity contribution is -0.190. The molecule has 0 aliphatic carbocycles. The van der Waals surface area contributed by atoms with E-state index >= 15 is 0 Å². The number of rotatable bonds is 3. The Balaban J connectivity index is 2.20. The molecule has 1 aromatic rings. The third kappa shape index (κ3) is 3.67. The molecule has 1 aliphatic heterocycles. The molecular weight excluding hydrogens is 382 g/mol. The van der Waals surface area contributed by atoms with E-state index in [1.54, 1.807) is 24.3 Å². The predicted molar refractivity (Wildman–Crippen MR) is 79.0 cm³/mol. The molecule has 1 saturated heterocycles. The molecule has 1 unspecified atom stereocenters. The Morgan fingerprint density at radius 1 is 1.21 bits per heavy atom. The molecule has 0 spiro atoms. The van der Waals surface area contributed by atoms with Crippen molar-refractivity contribution in [3.8, 4) is 5.75 Å². The Morgan fingerprint density at radius 3 is 2.32 bits per heavy atom. The third-order valence-corrected chi connectivity index (χ3v) is 3.31. The summed E-state index contributed by atoms with van der Waals surface area (Å²) in [5, 5.41) is 0. The number of carbonyl (C=O) groups is 2. The second-order valence-corrected chi connectivity index (χ2v) is 5.36. The summed E-state index contributed by atoms with van der Waals surface area (Å²) in [5.74, 6) is -0.604. The SMILES string of the molecule is CC1OC(=O)C(=Cc2ccc(OPI)cc2)C(=O)O1. The highest BCUT2D eigenvalue weighted by molar-refractivity contribution is 14.2. The number of ether oxygens (including phenoxy) is 2. The topological polar surface area (TPSA) is 61.8 Å². The molecule has 19 heavy (non-hydrogen) atoms. The number of esters is 2. The predicted octanol–water partition coefficient (Wildman–Crippen LogP) is 2.84. The van der Waals surface area contributed by atoms with Gasteiger partial charge in [0.1, 0.15) is 17.8 Å². The largest absolute Gasteiger partial charge is 0.467 e. The first kappa shape index (κ1) is 14.3. The second kappa shape index (κ2) is 6.34. The molecule has 0 amide bonds. The Morgan fingerprint density at radius 2 is 1.79 bits per heavy atom. The number of halogens is 1. The van der Waals surface area contributed by atoms with Crippen molar-refractivity contribution in [2.45, 2.75) is 13.2 Å². The highest BCUT2D eigenvalue weighted by Crippen LogP contribution is 2.27. The zero-order valence-electron chi connectivity index (χ0n) is 9.88. The Hall–Kier alpha value is -1.14. The minimum Gasteiger partial charge on any atom is -0.467 e. The van der Waals surface area contributed by atoms with Gasteiger partial charge in [-0.1, -0.05) is 12.1 Å². The molecule has 2 rings (SSSR count). The van der Waals surface area contributed by atoms with Crippen LogP contribution < -0.4 is 4.52 Å². The normalized spacial score (nSPS) is 19.3. The van der Waals surface area contributed by atoms with E-state index in [1.165, 1.54) is 13.0 Å². The van der Waals surface area contributed by atoms with E-state index in [9.17, 15) is 9.59 Å². The van der Waals surface area contributed by atoms with E-state index in [0.717, 1.165) is 5.75 Å². The van der Waals surface area contributed by atoms with Crippen LogP contribution in [0.1, 0.15) is 12.5 Å². The smallest absolute Gasteiger partial charge is 0.348 e. The van der Waals surface area contributed by atoms with E-state index < -0.39 is 18.2 Å². The number of carbonyl (C=O) groups excluding carboxylic acids is 2. The summed E-state index contributed by atoms with van der Waals surface area (Å²) < 4.78 is 15.0. The van der Waals surface area contributed by atoms with Crippen LogP contribution in [-0.2, 0) is 19.1 Å². The fourth-order valence-electron chi connectivity index (χ4n) is 1.50. The van der Waals surface area contributed by atoms with Crippen molar-refractivity contribution >= 4 is 46.5 Å². The zero-order chi connectivity index (χ0) is 13.8. The molecule has 100 valence electrons. The van der Waals surface area contributed by atoms with Gasteiger partial charge in [-0.15, -0.1) is 0 Å². The number of hydrogen-bond donors (Lipinski definition) is 0. The van der Waals surface area contributed by atoms with Gasteiger partial charge < -0.3 is 14.0 Å². The fourth-order valence-corrected chi connectivity index (χ4v) is 2.48. The summed E-state index contributed by atoms with van der Waals surface area (Å²) in [6.07, 6.45) is 0.602. The first-order chi connectivity index (χ1) is 9.10. The van der Waals surface area contributed by atoms with Crippen LogP contribution >= 0.6 is 28.5 Å². The molecule has 1 aliphatic rings. The summed E-state index contributed by atoms with van der Waals surface area (Å²) in [5.41, 5.74) is 0.588. The van der Waals surface area contributed by atoms with Crippen LogP contribution in [0.4, 0.5) is 0 Å². The molecule has 5 nitrogen and oxygen atoms in total. The first-order valence-corrected chi connectivity index (χ1v) is 9.38. The maximum Gasteiger partial charge on any atom is 0.348 e. The average molecular weight is 392 g/mol. The van der Waals surface area contributed by atoms with E-state index in [2.05, 4.69) is 22.0 Å². The van der Waals surface area contributed by atoms with Crippen molar-refractivity contribution in [2.24, 2.45) is 0 Å². The lowest BCUT2D eigenvalue weighted by Gasteiger charge is -2.20. The Labute approximate surface area is 124 Å². The summed E-state index contributed by atoms with van der Waals surface area (Å²) in [7, 11) is 0. The van der Waals surface area contributed by atoms with Crippen molar-refractivity contribution in [3.05, 3.63) is 35.4 Å². The molecule has 1 heterocycles. The van der Waals surface area contributed by atoms with E-state index in [0.29, 0.717) is 12.0 Å². The van der Waals surface area contributed by atoms with Crippen LogP contribution in [0.15, 0.2) is 29.8 Å². The highest BCUT2D eigenvalue weighted by Gasteiger charge is 2.30. The number of benzene rings is 1. The van der Waals surface area contributed by atoms with Crippen LogP contribution in [0.25, 0.3) is 6.08 Å². The van der Waals surface area contributed by atoms with Gasteiger partial charge in [0.15, 0.2) is 0 Å². The van der Waals surface area contributed by atoms with Crippen LogP contribution in [0, 0.1) is 0 Å². The van der Waals surface area contributed by atoms with Gasteiger partial charge in [-0.3, -0.25) is 0 Å². The molecular formula is C12H10IO5P. The minimum atomic E-state index is -0.836. The quantitative estimate of drug-likeness (QED) is 0.260. The number of hydrogen-bond acceptors (Lipinski definition) is 5. The van der Waals surface area contributed by atoms with Crippen LogP contribution in [0.5, 0.6) is 5.75 Å².